The van der Waals surface area contributed by atoms with Crippen molar-refractivity contribution in [3.8, 4) is 0 Å². The van der Waals surface area contributed by atoms with E-state index in [0.717, 1.165) is 4.57 Å². The van der Waals surface area contributed by atoms with Gasteiger partial charge in [0.15, 0.2) is 0 Å². The fourth-order valence-electron chi connectivity index (χ4n) is 2.26. The van der Waals surface area contributed by atoms with E-state index in [0.29, 0.717) is 13.1 Å². The van der Waals surface area contributed by atoms with Gasteiger partial charge in [0.2, 0.25) is 0 Å². The van der Waals surface area contributed by atoms with Crippen LogP contribution in [0.4, 0.5) is 13.2 Å². The van der Waals surface area contributed by atoms with Gasteiger partial charge in [-0.05, 0) is 18.1 Å². The molecule has 2 rings (SSSR count). The highest BCUT2D eigenvalue weighted by molar-refractivity contribution is 5.93. The number of alkyl halides is 3. The summed E-state index contributed by atoms with van der Waals surface area (Å²) in [6.45, 7) is 1.64. The van der Waals surface area contributed by atoms with E-state index in [9.17, 15) is 18.0 Å². The third kappa shape index (κ3) is 3.09. The zero-order valence-electron chi connectivity index (χ0n) is 10.5. The zero-order valence-corrected chi connectivity index (χ0v) is 10.5. The maximum atomic E-state index is 12.4. The Morgan fingerprint density at radius 1 is 1.47 bits per heavy atom. The van der Waals surface area contributed by atoms with Gasteiger partial charge in [0, 0.05) is 25.3 Å². The van der Waals surface area contributed by atoms with Crippen molar-refractivity contribution in [3.05, 3.63) is 24.0 Å². The summed E-state index contributed by atoms with van der Waals surface area (Å²) in [4.78, 5) is 13.7. The quantitative estimate of drug-likeness (QED) is 0.888. The first-order chi connectivity index (χ1) is 8.78. The van der Waals surface area contributed by atoms with Gasteiger partial charge in [-0.3, -0.25) is 4.79 Å². The van der Waals surface area contributed by atoms with Crippen molar-refractivity contribution in [2.24, 2.45) is 11.7 Å². The van der Waals surface area contributed by atoms with E-state index in [1.165, 1.54) is 23.2 Å². The number of aromatic nitrogens is 1. The molecule has 2 heterocycles. The van der Waals surface area contributed by atoms with E-state index in [-0.39, 0.29) is 17.7 Å². The number of amides is 1. The molecule has 0 spiro atoms. The molecule has 2 N–H and O–H groups in total. The van der Waals surface area contributed by atoms with Gasteiger partial charge in [0.25, 0.3) is 5.91 Å². The molecule has 2 unspecified atom stereocenters. The summed E-state index contributed by atoms with van der Waals surface area (Å²) in [5.41, 5.74) is 5.87. The van der Waals surface area contributed by atoms with Crippen LogP contribution in [0.15, 0.2) is 18.3 Å². The number of likely N-dealkylation sites (tertiary alicyclic amines) is 1. The molecular formula is C12H16F3N3O. The van der Waals surface area contributed by atoms with Crippen molar-refractivity contribution in [3.63, 3.8) is 0 Å². The number of hydrogen-bond donors (Lipinski definition) is 1. The molecule has 1 aliphatic heterocycles. The lowest BCUT2D eigenvalue weighted by molar-refractivity contribution is -0.140. The van der Waals surface area contributed by atoms with Crippen LogP contribution in [0.2, 0.25) is 0 Å². The number of carbonyl (C=O) groups is 1. The summed E-state index contributed by atoms with van der Waals surface area (Å²) in [6, 6.07) is 2.73. The van der Waals surface area contributed by atoms with Crippen molar-refractivity contribution in [1.29, 1.82) is 0 Å². The molecule has 1 aromatic rings. The molecule has 1 aromatic heterocycles. The summed E-state index contributed by atoms with van der Waals surface area (Å²) in [5.74, 6) is -0.232. The molecule has 1 aliphatic rings. The fraction of sp³-hybridized carbons (Fsp3) is 0.583. The van der Waals surface area contributed by atoms with Crippen LogP contribution in [-0.2, 0) is 6.54 Å². The van der Waals surface area contributed by atoms with Gasteiger partial charge >= 0.3 is 6.18 Å². The molecule has 1 saturated heterocycles. The van der Waals surface area contributed by atoms with Crippen LogP contribution in [0, 0.1) is 5.92 Å². The zero-order chi connectivity index (χ0) is 14.2. The SMILES string of the molecule is CC1CN(C(=O)c2cccn2CC(F)(F)F)CC1N. The van der Waals surface area contributed by atoms with Gasteiger partial charge < -0.3 is 15.2 Å². The van der Waals surface area contributed by atoms with E-state index < -0.39 is 18.6 Å². The van der Waals surface area contributed by atoms with Crippen molar-refractivity contribution in [1.82, 2.24) is 9.47 Å². The van der Waals surface area contributed by atoms with Crippen LogP contribution in [0.25, 0.3) is 0 Å². The smallest absolute Gasteiger partial charge is 0.335 e. The Labute approximate surface area is 109 Å². The van der Waals surface area contributed by atoms with E-state index in [1.807, 2.05) is 6.92 Å². The Balaban J connectivity index is 2.14. The molecule has 19 heavy (non-hydrogen) atoms. The Hall–Kier alpha value is -1.50. The highest BCUT2D eigenvalue weighted by Crippen LogP contribution is 2.21. The van der Waals surface area contributed by atoms with Crippen molar-refractivity contribution < 1.29 is 18.0 Å². The van der Waals surface area contributed by atoms with Gasteiger partial charge in [0.05, 0.1) is 0 Å². The summed E-state index contributed by atoms with van der Waals surface area (Å²) < 4.78 is 38.1. The summed E-state index contributed by atoms with van der Waals surface area (Å²) in [5, 5.41) is 0. The summed E-state index contributed by atoms with van der Waals surface area (Å²) in [6.07, 6.45) is -3.08. The maximum absolute atomic E-state index is 12.4. The number of halogens is 3. The largest absolute Gasteiger partial charge is 0.406 e. The summed E-state index contributed by atoms with van der Waals surface area (Å²) >= 11 is 0. The standard InChI is InChI=1S/C12H16F3N3O/c1-8-5-18(6-9(8)16)11(19)10-3-2-4-17(10)7-12(13,14)15/h2-4,8-9H,5-7,16H2,1H3. The van der Waals surface area contributed by atoms with Gasteiger partial charge in [-0.1, -0.05) is 6.92 Å². The maximum Gasteiger partial charge on any atom is 0.406 e. The monoisotopic (exact) mass is 275 g/mol. The molecule has 0 radical (unpaired) electrons. The van der Waals surface area contributed by atoms with Gasteiger partial charge in [-0.15, -0.1) is 0 Å². The first-order valence-electron chi connectivity index (χ1n) is 6.04. The minimum atomic E-state index is -4.34. The minimum Gasteiger partial charge on any atom is -0.335 e. The predicted molar refractivity (Wildman–Crippen MR) is 63.5 cm³/mol. The van der Waals surface area contributed by atoms with Crippen LogP contribution in [0.3, 0.4) is 0 Å². The lowest BCUT2D eigenvalue weighted by Crippen LogP contribution is -2.34. The molecule has 2 atom stereocenters. The van der Waals surface area contributed by atoms with E-state index >= 15 is 0 Å². The predicted octanol–water partition coefficient (Wildman–Crippen LogP) is 1.47. The fourth-order valence-corrected chi connectivity index (χ4v) is 2.26. The topological polar surface area (TPSA) is 51.3 Å². The Kier molecular flexibility index (Phi) is 3.58. The number of nitrogens with zero attached hydrogens (tertiary/aromatic N) is 2. The molecule has 1 amide bonds. The van der Waals surface area contributed by atoms with E-state index in [1.54, 1.807) is 0 Å². The molecule has 106 valence electrons. The van der Waals surface area contributed by atoms with Crippen LogP contribution < -0.4 is 5.73 Å². The summed E-state index contributed by atoms with van der Waals surface area (Å²) in [7, 11) is 0. The lowest BCUT2D eigenvalue weighted by atomic mass is 10.1. The molecule has 7 heteroatoms. The van der Waals surface area contributed by atoms with Gasteiger partial charge in [-0.2, -0.15) is 13.2 Å². The minimum absolute atomic E-state index is 0.0543. The molecule has 4 nitrogen and oxygen atoms in total. The first-order valence-corrected chi connectivity index (χ1v) is 6.04. The van der Waals surface area contributed by atoms with Crippen LogP contribution in [0.1, 0.15) is 17.4 Å². The highest BCUT2D eigenvalue weighted by atomic mass is 19.4. The van der Waals surface area contributed by atoms with Crippen molar-refractivity contribution in [2.75, 3.05) is 13.1 Å². The van der Waals surface area contributed by atoms with Crippen LogP contribution in [0.5, 0.6) is 0 Å². The number of nitrogens with two attached hydrogens (primary N) is 1. The average Bonchev–Trinajstić information content (AvgIpc) is 2.84. The van der Waals surface area contributed by atoms with Gasteiger partial charge in [-0.25, -0.2) is 0 Å². The molecule has 0 bridgehead atoms. The third-order valence-corrected chi connectivity index (χ3v) is 3.36. The van der Waals surface area contributed by atoms with Crippen LogP contribution >= 0.6 is 0 Å². The Morgan fingerprint density at radius 3 is 2.68 bits per heavy atom. The van der Waals surface area contributed by atoms with Crippen molar-refractivity contribution in [2.45, 2.75) is 25.7 Å². The Bertz CT molecular complexity index is 459. The van der Waals surface area contributed by atoms with Crippen LogP contribution in [-0.4, -0.2) is 40.7 Å². The second kappa shape index (κ2) is 4.88. The third-order valence-electron chi connectivity index (χ3n) is 3.36. The van der Waals surface area contributed by atoms with Crippen molar-refractivity contribution >= 4 is 5.91 Å². The Morgan fingerprint density at radius 2 is 2.16 bits per heavy atom. The molecular weight excluding hydrogens is 259 g/mol. The molecule has 1 fully saturated rings. The number of hydrogen-bond acceptors (Lipinski definition) is 2. The molecule has 0 aliphatic carbocycles. The van der Waals surface area contributed by atoms with E-state index in [4.69, 9.17) is 5.73 Å². The molecule has 0 aromatic carbocycles. The first kappa shape index (κ1) is 13.9. The number of rotatable bonds is 2. The normalized spacial score (nSPS) is 23.9. The van der Waals surface area contributed by atoms with E-state index in [2.05, 4.69) is 0 Å². The second-order valence-corrected chi connectivity index (χ2v) is 4.99. The lowest BCUT2D eigenvalue weighted by Gasteiger charge is -2.18. The second-order valence-electron chi connectivity index (χ2n) is 4.99. The average molecular weight is 275 g/mol. The highest BCUT2D eigenvalue weighted by Gasteiger charge is 2.33. The van der Waals surface area contributed by atoms with Gasteiger partial charge in [0.1, 0.15) is 12.2 Å². The number of carbonyl (C=O) groups excluding carboxylic acids is 1. The molecule has 0 saturated carbocycles.